The van der Waals surface area contributed by atoms with Gasteiger partial charge in [-0.25, -0.2) is 4.98 Å². The average Bonchev–Trinajstić information content (AvgIpc) is 2.53. The van der Waals surface area contributed by atoms with Crippen LogP contribution in [0.15, 0.2) is 60.8 Å². The maximum atomic E-state index is 12.4. The highest BCUT2D eigenvalue weighted by atomic mass is 16.5. The number of benzene rings is 1. The van der Waals surface area contributed by atoms with E-state index in [4.69, 9.17) is 4.74 Å². The summed E-state index contributed by atoms with van der Waals surface area (Å²) in [7, 11) is 0. The van der Waals surface area contributed by atoms with E-state index in [0.717, 1.165) is 5.57 Å². The van der Waals surface area contributed by atoms with Gasteiger partial charge < -0.3 is 9.64 Å². The fourth-order valence-electron chi connectivity index (χ4n) is 2.01. The average molecular weight is 296 g/mol. The molecule has 1 heterocycles. The number of amides is 1. The van der Waals surface area contributed by atoms with Crippen molar-refractivity contribution >= 4 is 5.91 Å². The Balaban J connectivity index is 2.07. The molecular weight excluding hydrogens is 276 g/mol. The number of nitrogens with zero attached hydrogens (tertiary/aromatic N) is 2. The quantitative estimate of drug-likeness (QED) is 0.759. The zero-order valence-corrected chi connectivity index (χ0v) is 13.0. The predicted molar refractivity (Wildman–Crippen MR) is 87.1 cm³/mol. The van der Waals surface area contributed by atoms with Crippen molar-refractivity contribution in [2.45, 2.75) is 13.8 Å². The maximum Gasteiger partial charge on any atom is 0.255 e. The summed E-state index contributed by atoms with van der Waals surface area (Å²) in [5.74, 6) is 1.13. The van der Waals surface area contributed by atoms with E-state index in [-0.39, 0.29) is 5.91 Å². The summed E-state index contributed by atoms with van der Waals surface area (Å²) >= 11 is 0. The lowest BCUT2D eigenvalue weighted by atomic mass is 10.2. The van der Waals surface area contributed by atoms with E-state index >= 15 is 0 Å². The highest BCUT2D eigenvalue weighted by Crippen LogP contribution is 2.19. The Morgan fingerprint density at radius 2 is 1.95 bits per heavy atom. The molecule has 0 saturated heterocycles. The first-order valence-corrected chi connectivity index (χ1v) is 7.22. The van der Waals surface area contributed by atoms with Crippen molar-refractivity contribution in [1.82, 2.24) is 9.88 Å². The minimum absolute atomic E-state index is 0.0516. The van der Waals surface area contributed by atoms with Gasteiger partial charge in [-0.05, 0) is 32.0 Å². The normalized spacial score (nSPS) is 10.1. The lowest BCUT2D eigenvalue weighted by Crippen LogP contribution is -2.32. The summed E-state index contributed by atoms with van der Waals surface area (Å²) in [6, 6.07) is 12.8. The van der Waals surface area contributed by atoms with Crippen LogP contribution in [0.25, 0.3) is 0 Å². The summed E-state index contributed by atoms with van der Waals surface area (Å²) in [5.41, 5.74) is 1.50. The molecule has 0 radical (unpaired) electrons. The van der Waals surface area contributed by atoms with Gasteiger partial charge in [0.25, 0.3) is 5.91 Å². The molecule has 2 aromatic rings. The Kier molecular flexibility index (Phi) is 5.31. The van der Waals surface area contributed by atoms with E-state index in [1.54, 1.807) is 23.2 Å². The van der Waals surface area contributed by atoms with E-state index in [9.17, 15) is 4.79 Å². The molecule has 1 aromatic carbocycles. The van der Waals surface area contributed by atoms with Crippen LogP contribution in [0.3, 0.4) is 0 Å². The first kappa shape index (κ1) is 15.8. The van der Waals surface area contributed by atoms with Crippen LogP contribution < -0.4 is 4.74 Å². The SMILES string of the molecule is C=C(C)CN(CC)C(=O)c1ccc(Oc2ccccc2)nc1. The minimum atomic E-state index is -0.0516. The fraction of sp³-hybridized carbons (Fsp3) is 0.222. The van der Waals surface area contributed by atoms with E-state index in [1.165, 1.54) is 0 Å². The minimum Gasteiger partial charge on any atom is -0.439 e. The lowest BCUT2D eigenvalue weighted by molar-refractivity contribution is 0.0778. The van der Waals surface area contributed by atoms with Crippen molar-refractivity contribution in [3.05, 3.63) is 66.4 Å². The molecule has 4 nitrogen and oxygen atoms in total. The monoisotopic (exact) mass is 296 g/mol. The van der Waals surface area contributed by atoms with Gasteiger partial charge in [0.2, 0.25) is 5.88 Å². The van der Waals surface area contributed by atoms with E-state index in [1.807, 2.05) is 44.2 Å². The molecule has 0 unspecified atom stereocenters. The van der Waals surface area contributed by atoms with Gasteiger partial charge in [-0.3, -0.25) is 4.79 Å². The fourth-order valence-corrected chi connectivity index (χ4v) is 2.01. The number of likely N-dealkylation sites (N-methyl/N-ethyl adjacent to an activating group) is 1. The zero-order valence-electron chi connectivity index (χ0n) is 13.0. The molecular formula is C18H20N2O2. The highest BCUT2D eigenvalue weighted by molar-refractivity contribution is 5.94. The summed E-state index contributed by atoms with van der Waals surface area (Å²) in [6.45, 7) is 8.89. The molecule has 0 aliphatic rings. The number of rotatable bonds is 6. The van der Waals surface area contributed by atoms with Crippen molar-refractivity contribution in [2.24, 2.45) is 0 Å². The molecule has 0 bridgehead atoms. The van der Waals surface area contributed by atoms with Crippen LogP contribution in [-0.2, 0) is 0 Å². The summed E-state index contributed by atoms with van der Waals surface area (Å²) in [4.78, 5) is 18.3. The van der Waals surface area contributed by atoms with Crippen molar-refractivity contribution in [3.63, 3.8) is 0 Å². The van der Waals surface area contributed by atoms with Crippen LogP contribution in [0, 0.1) is 0 Å². The largest absolute Gasteiger partial charge is 0.439 e. The van der Waals surface area contributed by atoms with Crippen LogP contribution in [0.1, 0.15) is 24.2 Å². The third-order valence-corrected chi connectivity index (χ3v) is 3.08. The standard InChI is InChI=1S/C18H20N2O2/c1-4-20(13-14(2)3)18(21)15-10-11-17(19-12-15)22-16-8-6-5-7-9-16/h5-12H,2,4,13H2,1,3H3. The molecule has 2 rings (SSSR count). The van der Waals surface area contributed by atoms with Gasteiger partial charge in [-0.2, -0.15) is 0 Å². The van der Waals surface area contributed by atoms with Gasteiger partial charge in [-0.1, -0.05) is 30.4 Å². The van der Waals surface area contributed by atoms with Crippen molar-refractivity contribution < 1.29 is 9.53 Å². The molecule has 1 aromatic heterocycles. The molecule has 0 saturated carbocycles. The first-order chi connectivity index (χ1) is 10.6. The van der Waals surface area contributed by atoms with Crippen molar-refractivity contribution in [2.75, 3.05) is 13.1 Å². The maximum absolute atomic E-state index is 12.4. The van der Waals surface area contributed by atoms with Gasteiger partial charge in [0.15, 0.2) is 0 Å². The molecule has 0 N–H and O–H groups in total. The van der Waals surface area contributed by atoms with Crippen LogP contribution >= 0.6 is 0 Å². The van der Waals surface area contributed by atoms with Gasteiger partial charge in [0.1, 0.15) is 5.75 Å². The molecule has 0 aliphatic heterocycles. The Bertz CT molecular complexity index is 636. The third-order valence-electron chi connectivity index (χ3n) is 3.08. The van der Waals surface area contributed by atoms with Gasteiger partial charge >= 0.3 is 0 Å². The number of hydrogen-bond donors (Lipinski definition) is 0. The van der Waals surface area contributed by atoms with Crippen molar-refractivity contribution in [3.8, 4) is 11.6 Å². The lowest BCUT2D eigenvalue weighted by Gasteiger charge is -2.20. The van der Waals surface area contributed by atoms with Crippen LogP contribution in [-0.4, -0.2) is 28.9 Å². The third kappa shape index (κ3) is 4.19. The van der Waals surface area contributed by atoms with Crippen LogP contribution in [0.4, 0.5) is 0 Å². The number of para-hydroxylation sites is 1. The predicted octanol–water partition coefficient (Wildman–Crippen LogP) is 3.91. The Morgan fingerprint density at radius 3 is 2.50 bits per heavy atom. The van der Waals surface area contributed by atoms with Crippen molar-refractivity contribution in [1.29, 1.82) is 0 Å². The molecule has 0 aliphatic carbocycles. The first-order valence-electron chi connectivity index (χ1n) is 7.22. The molecule has 0 fully saturated rings. The topological polar surface area (TPSA) is 42.4 Å². The second-order valence-electron chi connectivity index (χ2n) is 5.08. The smallest absolute Gasteiger partial charge is 0.255 e. The van der Waals surface area contributed by atoms with Gasteiger partial charge in [0, 0.05) is 25.4 Å². The Labute approximate surface area is 131 Å². The molecule has 22 heavy (non-hydrogen) atoms. The molecule has 114 valence electrons. The van der Waals surface area contributed by atoms with Crippen LogP contribution in [0.2, 0.25) is 0 Å². The number of carbonyl (C=O) groups excluding carboxylic acids is 1. The second kappa shape index (κ2) is 7.41. The number of carbonyl (C=O) groups is 1. The molecule has 1 amide bonds. The number of pyridine rings is 1. The Morgan fingerprint density at radius 1 is 1.23 bits per heavy atom. The summed E-state index contributed by atoms with van der Waals surface area (Å²) in [6.07, 6.45) is 1.54. The number of hydrogen-bond acceptors (Lipinski definition) is 3. The molecule has 0 atom stereocenters. The molecule has 0 spiro atoms. The summed E-state index contributed by atoms with van der Waals surface area (Å²) in [5, 5.41) is 0. The van der Waals surface area contributed by atoms with Gasteiger partial charge in [-0.15, -0.1) is 0 Å². The molecule has 4 heteroatoms. The van der Waals surface area contributed by atoms with Gasteiger partial charge in [0.05, 0.1) is 5.56 Å². The number of aromatic nitrogens is 1. The van der Waals surface area contributed by atoms with E-state index in [0.29, 0.717) is 30.3 Å². The zero-order chi connectivity index (χ0) is 15.9. The Hall–Kier alpha value is -2.62. The highest BCUT2D eigenvalue weighted by Gasteiger charge is 2.14. The number of ether oxygens (including phenoxy) is 1. The second-order valence-corrected chi connectivity index (χ2v) is 5.08. The van der Waals surface area contributed by atoms with E-state index in [2.05, 4.69) is 11.6 Å². The summed E-state index contributed by atoms with van der Waals surface area (Å²) < 4.78 is 5.61. The van der Waals surface area contributed by atoms with Crippen LogP contribution in [0.5, 0.6) is 11.6 Å². The van der Waals surface area contributed by atoms with E-state index < -0.39 is 0 Å².